The van der Waals surface area contributed by atoms with Gasteiger partial charge in [-0.05, 0) is 19.1 Å². The van der Waals surface area contributed by atoms with Crippen LogP contribution < -0.4 is 0 Å². The molecule has 0 aliphatic carbocycles. The molecular formula is C13H15N3O3. The quantitative estimate of drug-likeness (QED) is 0.908. The van der Waals surface area contributed by atoms with Gasteiger partial charge in [0.25, 0.3) is 0 Å². The van der Waals surface area contributed by atoms with Crippen LogP contribution in [-0.2, 0) is 4.79 Å². The molecule has 6 heteroatoms. The highest BCUT2D eigenvalue weighted by molar-refractivity contribution is 5.70. The van der Waals surface area contributed by atoms with E-state index < -0.39 is 11.9 Å². The van der Waals surface area contributed by atoms with Gasteiger partial charge in [0.1, 0.15) is 5.69 Å². The van der Waals surface area contributed by atoms with Gasteiger partial charge in [0, 0.05) is 11.6 Å². The molecule has 0 fully saturated rings. The van der Waals surface area contributed by atoms with Gasteiger partial charge in [-0.15, -0.1) is 0 Å². The molecule has 19 heavy (non-hydrogen) atoms. The highest BCUT2D eigenvalue weighted by atomic mass is 16.5. The third-order valence-corrected chi connectivity index (χ3v) is 3.09. The van der Waals surface area contributed by atoms with Gasteiger partial charge in [0.15, 0.2) is 0 Å². The Kier molecular flexibility index (Phi) is 3.59. The average Bonchev–Trinajstić information content (AvgIpc) is 2.86. The number of carbonyl (C=O) groups is 1. The molecule has 6 nitrogen and oxygen atoms in total. The molecule has 0 aliphatic heterocycles. The number of nitrogens with zero attached hydrogens (tertiary/aromatic N) is 3. The lowest BCUT2D eigenvalue weighted by Crippen LogP contribution is -2.16. The second-order valence-electron chi connectivity index (χ2n) is 4.54. The summed E-state index contributed by atoms with van der Waals surface area (Å²) in [6.45, 7) is 5.24. The van der Waals surface area contributed by atoms with Crippen molar-refractivity contribution in [1.82, 2.24) is 15.1 Å². The van der Waals surface area contributed by atoms with Gasteiger partial charge in [-0.3, -0.25) is 4.79 Å². The molecule has 2 unspecified atom stereocenters. The maximum absolute atomic E-state index is 10.9. The monoisotopic (exact) mass is 261 g/mol. The van der Waals surface area contributed by atoms with E-state index in [4.69, 9.17) is 9.63 Å². The third-order valence-electron chi connectivity index (χ3n) is 3.09. The molecule has 0 saturated carbocycles. The van der Waals surface area contributed by atoms with Crippen molar-refractivity contribution in [3.8, 4) is 11.5 Å². The van der Waals surface area contributed by atoms with Crippen molar-refractivity contribution in [2.45, 2.75) is 26.7 Å². The standard InChI is InChI=1S/C13H15N3O3/c1-7-5-4-6-10(14-7)11-15-12(19-16-11)8(2)9(3)13(17)18/h4-6,8-9H,1-3H3,(H,17,18). The molecule has 0 amide bonds. The van der Waals surface area contributed by atoms with Crippen LogP contribution in [0.2, 0.25) is 0 Å². The number of pyridine rings is 1. The Morgan fingerprint density at radius 2 is 2.05 bits per heavy atom. The largest absolute Gasteiger partial charge is 0.481 e. The van der Waals surface area contributed by atoms with E-state index in [2.05, 4.69) is 15.1 Å². The van der Waals surface area contributed by atoms with Crippen LogP contribution in [0.25, 0.3) is 11.5 Å². The molecule has 0 bridgehead atoms. The van der Waals surface area contributed by atoms with Crippen LogP contribution in [0.5, 0.6) is 0 Å². The number of hydrogen-bond donors (Lipinski definition) is 1. The first-order valence-corrected chi connectivity index (χ1v) is 5.99. The lowest BCUT2D eigenvalue weighted by molar-refractivity contribution is -0.141. The predicted octanol–water partition coefficient (Wildman–Crippen LogP) is 2.26. The second kappa shape index (κ2) is 5.17. The number of aliphatic carboxylic acids is 1. The summed E-state index contributed by atoms with van der Waals surface area (Å²) >= 11 is 0. The first kappa shape index (κ1) is 13.2. The van der Waals surface area contributed by atoms with Crippen molar-refractivity contribution in [3.63, 3.8) is 0 Å². The van der Waals surface area contributed by atoms with Crippen molar-refractivity contribution in [2.75, 3.05) is 0 Å². The van der Waals surface area contributed by atoms with E-state index in [-0.39, 0.29) is 5.92 Å². The van der Waals surface area contributed by atoms with E-state index in [1.807, 2.05) is 19.1 Å². The predicted molar refractivity (Wildman–Crippen MR) is 67.5 cm³/mol. The average molecular weight is 261 g/mol. The summed E-state index contributed by atoms with van der Waals surface area (Å²) in [6.07, 6.45) is 0. The molecule has 1 N–H and O–H groups in total. The van der Waals surface area contributed by atoms with Crippen molar-refractivity contribution in [3.05, 3.63) is 29.8 Å². The van der Waals surface area contributed by atoms with Crippen LogP contribution in [0, 0.1) is 12.8 Å². The molecule has 0 radical (unpaired) electrons. The molecular weight excluding hydrogens is 246 g/mol. The maximum Gasteiger partial charge on any atom is 0.307 e. The Balaban J connectivity index is 2.26. The van der Waals surface area contributed by atoms with E-state index in [1.165, 1.54) is 0 Å². The molecule has 2 rings (SSSR count). The zero-order chi connectivity index (χ0) is 14.0. The number of hydrogen-bond acceptors (Lipinski definition) is 5. The lowest BCUT2D eigenvalue weighted by atomic mass is 9.96. The van der Waals surface area contributed by atoms with Crippen LogP contribution in [-0.4, -0.2) is 26.2 Å². The Hall–Kier alpha value is -2.24. The summed E-state index contributed by atoms with van der Waals surface area (Å²) in [5.41, 5.74) is 1.47. The number of rotatable bonds is 4. The van der Waals surface area contributed by atoms with E-state index in [1.54, 1.807) is 19.9 Å². The molecule has 2 heterocycles. The highest BCUT2D eigenvalue weighted by Crippen LogP contribution is 2.24. The minimum absolute atomic E-state index is 0.313. The number of aromatic nitrogens is 3. The van der Waals surface area contributed by atoms with Crippen LogP contribution in [0.15, 0.2) is 22.7 Å². The minimum Gasteiger partial charge on any atom is -0.481 e. The van der Waals surface area contributed by atoms with Gasteiger partial charge in [-0.25, -0.2) is 4.98 Å². The summed E-state index contributed by atoms with van der Waals surface area (Å²) in [5.74, 6) is -1.13. The van der Waals surface area contributed by atoms with Crippen molar-refractivity contribution < 1.29 is 14.4 Å². The third kappa shape index (κ3) is 2.78. The summed E-state index contributed by atoms with van der Waals surface area (Å²) in [5, 5.41) is 12.8. The normalized spacial score (nSPS) is 14.1. The van der Waals surface area contributed by atoms with Crippen LogP contribution >= 0.6 is 0 Å². The Morgan fingerprint density at radius 3 is 2.68 bits per heavy atom. The first-order valence-electron chi connectivity index (χ1n) is 5.99. The number of carboxylic acid groups (broad SMARTS) is 1. The summed E-state index contributed by atoms with van der Waals surface area (Å²) in [4.78, 5) is 19.4. The first-order chi connectivity index (χ1) is 8.99. The molecule has 0 aliphatic rings. The van der Waals surface area contributed by atoms with E-state index >= 15 is 0 Å². The minimum atomic E-state index is -0.888. The molecule has 0 spiro atoms. The Labute approximate surface area is 110 Å². The summed E-state index contributed by atoms with van der Waals surface area (Å²) < 4.78 is 5.13. The van der Waals surface area contributed by atoms with E-state index in [9.17, 15) is 4.79 Å². The molecule has 2 aromatic rings. The Bertz CT molecular complexity index is 594. The fourth-order valence-electron chi connectivity index (χ4n) is 1.62. The van der Waals surface area contributed by atoms with Gasteiger partial charge >= 0.3 is 5.97 Å². The van der Waals surface area contributed by atoms with E-state index in [0.29, 0.717) is 17.4 Å². The molecule has 0 aromatic carbocycles. The maximum atomic E-state index is 10.9. The van der Waals surface area contributed by atoms with Gasteiger partial charge in [-0.1, -0.05) is 25.1 Å². The van der Waals surface area contributed by atoms with Crippen molar-refractivity contribution in [2.24, 2.45) is 5.92 Å². The van der Waals surface area contributed by atoms with Gasteiger partial charge in [0.05, 0.1) is 5.92 Å². The summed E-state index contributed by atoms with van der Waals surface area (Å²) in [7, 11) is 0. The molecule has 100 valence electrons. The van der Waals surface area contributed by atoms with Crippen molar-refractivity contribution >= 4 is 5.97 Å². The van der Waals surface area contributed by atoms with Gasteiger partial charge in [0.2, 0.25) is 11.7 Å². The second-order valence-corrected chi connectivity index (χ2v) is 4.54. The van der Waals surface area contributed by atoms with Crippen LogP contribution in [0.3, 0.4) is 0 Å². The smallest absolute Gasteiger partial charge is 0.307 e. The SMILES string of the molecule is Cc1cccc(-c2noc(C(C)C(C)C(=O)O)n2)n1. The lowest BCUT2D eigenvalue weighted by Gasteiger charge is -2.10. The van der Waals surface area contributed by atoms with E-state index in [0.717, 1.165) is 5.69 Å². The molecule has 2 aromatic heterocycles. The zero-order valence-corrected chi connectivity index (χ0v) is 11.0. The van der Waals surface area contributed by atoms with Crippen molar-refractivity contribution in [1.29, 1.82) is 0 Å². The topological polar surface area (TPSA) is 89.1 Å². The zero-order valence-electron chi connectivity index (χ0n) is 11.0. The van der Waals surface area contributed by atoms with Crippen LogP contribution in [0.1, 0.15) is 31.4 Å². The highest BCUT2D eigenvalue weighted by Gasteiger charge is 2.26. The fourth-order valence-corrected chi connectivity index (χ4v) is 1.62. The van der Waals surface area contributed by atoms with Gasteiger partial charge < -0.3 is 9.63 Å². The summed E-state index contributed by atoms with van der Waals surface area (Å²) in [6, 6.07) is 5.52. The number of aryl methyl sites for hydroxylation is 1. The fraction of sp³-hybridized carbons (Fsp3) is 0.385. The molecule has 2 atom stereocenters. The number of carboxylic acids is 1. The Morgan fingerprint density at radius 1 is 1.32 bits per heavy atom. The molecule has 0 saturated heterocycles. The van der Waals surface area contributed by atoms with Gasteiger partial charge in [-0.2, -0.15) is 4.98 Å². The van der Waals surface area contributed by atoms with Crippen LogP contribution in [0.4, 0.5) is 0 Å².